The number of quaternary nitrogens is 1. The first-order chi connectivity index (χ1) is 20.8. The number of nitrogens with two attached hydrogens (primary N) is 1. The smallest absolute Gasteiger partial charge is 0.343 e. The molecule has 11 N–H and O–H groups in total. The fraction of sp³-hybridized carbons (Fsp3) is 0.519. The molecule has 44 heavy (non-hydrogen) atoms. The zero-order valence-corrected chi connectivity index (χ0v) is 24.1. The normalized spacial score (nSPS) is 32.4. The number of allylic oxidation sites excluding steroid dienone is 1. The molecule has 0 spiro atoms. The van der Waals surface area contributed by atoms with E-state index in [0.717, 1.165) is 13.4 Å². The quantitative estimate of drug-likeness (QED) is 0.0338. The molecular formula is C27H39N4O13+. The van der Waals surface area contributed by atoms with Crippen molar-refractivity contribution in [3.8, 4) is 0 Å². The third-order valence-electron chi connectivity index (χ3n) is 7.37. The lowest BCUT2D eigenvalue weighted by Gasteiger charge is -2.46. The van der Waals surface area contributed by atoms with Crippen molar-refractivity contribution in [2.24, 2.45) is 22.6 Å². The van der Waals surface area contributed by atoms with Gasteiger partial charge >= 0.3 is 11.9 Å². The third-order valence-corrected chi connectivity index (χ3v) is 7.37. The predicted molar refractivity (Wildman–Crippen MR) is 149 cm³/mol. The molecule has 3 heterocycles. The van der Waals surface area contributed by atoms with Gasteiger partial charge in [-0.1, -0.05) is 18.2 Å². The summed E-state index contributed by atoms with van der Waals surface area (Å²) in [5, 5.41) is 72.7. The van der Waals surface area contributed by atoms with E-state index in [1.165, 1.54) is 19.3 Å². The first-order valence-corrected chi connectivity index (χ1v) is 13.4. The second kappa shape index (κ2) is 14.9. The Morgan fingerprint density at radius 3 is 2.55 bits per heavy atom. The highest BCUT2D eigenvalue weighted by atomic mass is 16.8. The van der Waals surface area contributed by atoms with Gasteiger partial charge in [0.05, 0.1) is 43.8 Å². The van der Waals surface area contributed by atoms with Crippen LogP contribution in [0.4, 0.5) is 0 Å². The highest BCUT2D eigenvalue weighted by Gasteiger charge is 2.56. The number of aliphatic hydroxyl groups excluding tert-OH is 4. The minimum Gasteiger partial charge on any atom is -0.477 e. The second-order valence-electron chi connectivity index (χ2n) is 10.1. The second-order valence-corrected chi connectivity index (χ2v) is 10.1. The highest BCUT2D eigenvalue weighted by molar-refractivity contribution is 5.94. The number of esters is 1. The van der Waals surface area contributed by atoms with Crippen molar-refractivity contribution < 1.29 is 69.2 Å². The Morgan fingerprint density at radius 1 is 1.27 bits per heavy atom. The van der Waals surface area contributed by atoms with Gasteiger partial charge < -0.3 is 70.6 Å². The summed E-state index contributed by atoms with van der Waals surface area (Å²) in [5.74, 6) is -7.05. The van der Waals surface area contributed by atoms with E-state index >= 15 is 0 Å². The van der Waals surface area contributed by atoms with Crippen LogP contribution in [-0.4, -0.2) is 131 Å². The lowest BCUT2D eigenvalue weighted by atomic mass is 9.83. The number of carbonyl (C=O) groups excluding carboxylic acids is 1. The molecule has 3 aliphatic heterocycles. The number of aliphatic carboxylic acids is 1. The number of aliphatic hydroxyl groups is 6. The molecule has 1 unspecified atom stereocenters. The average Bonchev–Trinajstić information content (AvgIpc) is 3.00. The van der Waals surface area contributed by atoms with E-state index in [2.05, 4.69) is 16.9 Å². The van der Waals surface area contributed by atoms with Gasteiger partial charge in [-0.15, -0.1) is 6.58 Å². The van der Waals surface area contributed by atoms with Crippen LogP contribution in [0.25, 0.3) is 0 Å². The van der Waals surface area contributed by atoms with Gasteiger partial charge in [0.25, 0.3) is 0 Å². The first-order valence-electron chi connectivity index (χ1n) is 13.4. The number of aliphatic imine (C=N–C) groups is 1. The molecular weight excluding hydrogens is 588 g/mol. The fourth-order valence-corrected chi connectivity index (χ4v) is 4.95. The summed E-state index contributed by atoms with van der Waals surface area (Å²) in [7, 11) is 2.57. The van der Waals surface area contributed by atoms with Gasteiger partial charge in [-0.25, -0.2) is 9.59 Å². The maximum Gasteiger partial charge on any atom is 0.343 e. The van der Waals surface area contributed by atoms with Gasteiger partial charge in [0.1, 0.15) is 37.1 Å². The minimum absolute atomic E-state index is 0.00930. The Morgan fingerprint density at radius 2 is 1.98 bits per heavy atom. The van der Waals surface area contributed by atoms with E-state index in [4.69, 9.17) is 24.7 Å². The number of nitrogens with one attached hydrogen (secondary N) is 2. The van der Waals surface area contributed by atoms with Crippen LogP contribution in [0, 0.1) is 11.8 Å². The van der Waals surface area contributed by atoms with E-state index in [1.807, 2.05) is 0 Å². The Labute approximate surface area is 252 Å². The predicted octanol–water partition coefficient (Wildman–Crippen LogP) is -4.84. The van der Waals surface area contributed by atoms with E-state index in [-0.39, 0.29) is 42.5 Å². The fourth-order valence-electron chi connectivity index (χ4n) is 4.95. The largest absolute Gasteiger partial charge is 0.477 e. The number of methoxy groups -OCH3 is 1. The molecule has 17 nitrogen and oxygen atoms in total. The molecule has 0 aliphatic carbocycles. The van der Waals surface area contributed by atoms with Crippen molar-refractivity contribution in [3.63, 3.8) is 0 Å². The van der Waals surface area contributed by atoms with Crippen LogP contribution in [0.5, 0.6) is 0 Å². The third kappa shape index (κ3) is 7.34. The number of carboxylic acids is 1. The van der Waals surface area contributed by atoms with Gasteiger partial charge in [0.2, 0.25) is 12.1 Å². The molecule has 1 saturated heterocycles. The Bertz CT molecular complexity index is 1240. The van der Waals surface area contributed by atoms with Crippen LogP contribution in [0.3, 0.4) is 0 Å². The molecule has 244 valence electrons. The SMILES string of the molecule is C=C[C@H]1[C@H](O[C@@H]2O[C@H](CO)[C@@H](O)C(O)(O)[C@H]2O)OC=C(C(=O)OC)[C@H]1/C=C/C1=C(NC(N)=NC)C(C(=O)O)=C[NH+](CCO)C1. The molecule has 0 aromatic rings. The van der Waals surface area contributed by atoms with E-state index < -0.39 is 67.1 Å². The molecule has 0 radical (unpaired) electrons. The number of rotatable bonds is 11. The van der Waals surface area contributed by atoms with Gasteiger partial charge in [0.15, 0.2) is 18.4 Å². The zero-order chi connectivity index (χ0) is 32.8. The van der Waals surface area contributed by atoms with E-state index in [9.17, 15) is 45.3 Å². The lowest BCUT2D eigenvalue weighted by Crippen LogP contribution is -3.09. The minimum atomic E-state index is -3.11. The van der Waals surface area contributed by atoms with Gasteiger partial charge in [0, 0.05) is 18.5 Å². The number of carboxylic acid groups (broad SMARTS) is 1. The monoisotopic (exact) mass is 627 g/mol. The van der Waals surface area contributed by atoms with Gasteiger partial charge in [-0.05, 0) is 0 Å². The highest BCUT2D eigenvalue weighted by Crippen LogP contribution is 2.37. The summed E-state index contributed by atoms with van der Waals surface area (Å²) in [6.45, 7) is 3.12. The standard InChI is InChI=1S/C27H38N4O13/c1-4-14-15(6-5-13-9-31(7-8-32)10-16(22(36)37)19(13)30-26(28)29-2)17(23(38)41-3)12-42-24(14)44-25-21(35)27(39,40)20(34)18(11-33)43-25/h4-6,10,12,14-15,18,20-21,24-25,32-35,39-40H,1,7-9,11H2,2-3H3,(H,36,37)(H3,28,29,30)/p+1/b6-5+/t14-,15+,18-,20-,21+,24+,25+/m1/s1. The molecule has 3 rings (SSSR count). The number of guanidine groups is 1. The van der Waals surface area contributed by atoms with Crippen LogP contribution in [0.1, 0.15) is 0 Å². The molecule has 0 aromatic heterocycles. The molecule has 1 fully saturated rings. The molecule has 8 atom stereocenters. The Balaban J connectivity index is 2.04. The number of ether oxygens (including phenoxy) is 4. The molecule has 0 saturated carbocycles. The summed E-state index contributed by atoms with van der Waals surface area (Å²) in [5.41, 5.74) is 6.28. The summed E-state index contributed by atoms with van der Waals surface area (Å²) in [4.78, 5) is 29.3. The van der Waals surface area contributed by atoms with Crippen molar-refractivity contribution in [1.29, 1.82) is 0 Å². The van der Waals surface area contributed by atoms with Crippen LogP contribution in [0.15, 0.2) is 64.7 Å². The summed E-state index contributed by atoms with van der Waals surface area (Å²) in [6, 6.07) is 0. The van der Waals surface area contributed by atoms with Crippen molar-refractivity contribution in [1.82, 2.24) is 5.32 Å². The van der Waals surface area contributed by atoms with E-state index in [0.29, 0.717) is 10.5 Å². The first kappa shape index (κ1) is 34.8. The number of carbonyl (C=O) groups is 2. The van der Waals surface area contributed by atoms with E-state index in [1.54, 1.807) is 12.2 Å². The van der Waals surface area contributed by atoms with Crippen molar-refractivity contribution >= 4 is 17.9 Å². The zero-order valence-electron chi connectivity index (χ0n) is 24.1. The Hall–Kier alpha value is -3.65. The average molecular weight is 628 g/mol. The number of nitrogens with zero attached hydrogens (tertiary/aromatic N) is 1. The summed E-state index contributed by atoms with van der Waals surface area (Å²) in [6.07, 6.45) is -2.05. The van der Waals surface area contributed by atoms with Crippen LogP contribution in [-0.2, 0) is 28.5 Å². The van der Waals surface area contributed by atoms with Gasteiger partial charge in [-0.3, -0.25) is 4.99 Å². The molecule has 3 aliphatic rings. The van der Waals surface area contributed by atoms with Gasteiger partial charge in [-0.2, -0.15) is 0 Å². The summed E-state index contributed by atoms with van der Waals surface area (Å²) >= 11 is 0. The van der Waals surface area contributed by atoms with Crippen molar-refractivity contribution in [2.45, 2.75) is 36.7 Å². The van der Waals surface area contributed by atoms with Crippen LogP contribution >= 0.6 is 0 Å². The van der Waals surface area contributed by atoms with Crippen molar-refractivity contribution in [3.05, 3.63) is 59.7 Å². The van der Waals surface area contributed by atoms with Crippen molar-refractivity contribution in [2.75, 3.05) is 40.5 Å². The maximum absolute atomic E-state index is 12.7. The maximum atomic E-state index is 12.7. The molecule has 0 amide bonds. The van der Waals surface area contributed by atoms with Crippen LogP contribution in [0.2, 0.25) is 0 Å². The lowest BCUT2D eigenvalue weighted by molar-refractivity contribution is -0.843. The topological polar surface area (TPSA) is 268 Å². The molecule has 17 heteroatoms. The summed E-state index contributed by atoms with van der Waals surface area (Å²) < 4.78 is 21.6. The number of hydrogen-bond acceptors (Lipinski definition) is 13. The number of hydrogen-bond donors (Lipinski definition) is 10. The molecule has 0 bridgehead atoms. The molecule has 0 aromatic carbocycles. The Kier molecular flexibility index (Phi) is 11.8. The van der Waals surface area contributed by atoms with Crippen LogP contribution < -0.4 is 16.0 Å².